The van der Waals surface area contributed by atoms with Gasteiger partial charge in [0.2, 0.25) is 0 Å². The Morgan fingerprint density at radius 3 is 2.59 bits per heavy atom. The number of aromatic hydroxyl groups is 1. The molecule has 0 spiro atoms. The molecule has 0 aliphatic carbocycles. The Kier molecular flexibility index (Phi) is 4.23. The van der Waals surface area contributed by atoms with E-state index in [1.165, 1.54) is 25.4 Å². The highest BCUT2D eigenvalue weighted by molar-refractivity contribution is 7.93. The van der Waals surface area contributed by atoms with Crippen LogP contribution in [0, 0.1) is 0 Å². The van der Waals surface area contributed by atoms with Crippen LogP contribution in [-0.2, 0) is 9.73 Å². The molecule has 2 N–H and O–H groups in total. The summed E-state index contributed by atoms with van der Waals surface area (Å²) in [4.78, 5) is 23.2. The van der Waals surface area contributed by atoms with Crippen molar-refractivity contribution in [3.05, 3.63) is 38.6 Å². The molecular formula is C14H16N2O5S. The molecule has 0 amide bonds. The van der Waals surface area contributed by atoms with Crippen LogP contribution in [0.5, 0.6) is 11.5 Å². The Balaban J connectivity index is 2.47. The highest BCUT2D eigenvalue weighted by Crippen LogP contribution is 2.34. The van der Waals surface area contributed by atoms with E-state index in [9.17, 15) is 18.9 Å². The van der Waals surface area contributed by atoms with Crippen LogP contribution in [0.3, 0.4) is 0 Å². The Labute approximate surface area is 127 Å². The van der Waals surface area contributed by atoms with Gasteiger partial charge >= 0.3 is 0 Å². The zero-order valence-corrected chi connectivity index (χ0v) is 13.2. The van der Waals surface area contributed by atoms with Gasteiger partial charge in [-0.15, -0.1) is 0 Å². The first-order valence-corrected chi connectivity index (χ1v) is 8.41. The SMILES string of the molecule is CCOc1c(Nc2cccc(S(C)(=O)=NC)c2O)c(=O)c1=O. The molecule has 118 valence electrons. The summed E-state index contributed by atoms with van der Waals surface area (Å²) in [5.41, 5.74) is -1.28. The molecule has 0 heterocycles. The smallest absolute Gasteiger partial charge is 0.272 e. The van der Waals surface area contributed by atoms with E-state index in [4.69, 9.17) is 4.74 Å². The second-order valence-corrected chi connectivity index (χ2v) is 6.97. The lowest BCUT2D eigenvalue weighted by Crippen LogP contribution is -2.35. The molecule has 2 aromatic carbocycles. The molecule has 22 heavy (non-hydrogen) atoms. The number of para-hydroxylation sites is 1. The summed E-state index contributed by atoms with van der Waals surface area (Å²) >= 11 is 0. The molecule has 8 heteroatoms. The average molecular weight is 324 g/mol. The van der Waals surface area contributed by atoms with Crippen molar-refractivity contribution in [1.29, 1.82) is 0 Å². The van der Waals surface area contributed by atoms with Crippen LogP contribution in [0.15, 0.2) is 37.0 Å². The van der Waals surface area contributed by atoms with Gasteiger partial charge in [0.1, 0.15) is 5.69 Å². The minimum absolute atomic E-state index is 0.0182. The van der Waals surface area contributed by atoms with Crippen LogP contribution in [-0.4, -0.2) is 29.2 Å². The zero-order chi connectivity index (χ0) is 16.5. The Bertz CT molecular complexity index is 903. The predicted octanol–water partition coefficient (Wildman–Crippen LogP) is 1.22. The summed E-state index contributed by atoms with van der Waals surface area (Å²) in [6.45, 7) is 1.93. The van der Waals surface area contributed by atoms with Gasteiger partial charge in [-0.1, -0.05) is 6.07 Å². The molecule has 0 aromatic heterocycles. The van der Waals surface area contributed by atoms with Gasteiger partial charge in [-0.3, -0.25) is 9.59 Å². The third-order valence-electron chi connectivity index (χ3n) is 3.17. The fourth-order valence-electron chi connectivity index (χ4n) is 1.93. The first kappa shape index (κ1) is 16.0. The summed E-state index contributed by atoms with van der Waals surface area (Å²) in [7, 11) is -1.34. The van der Waals surface area contributed by atoms with E-state index in [2.05, 4.69) is 9.68 Å². The second kappa shape index (κ2) is 5.80. The number of nitrogens with zero attached hydrogens (tertiary/aromatic N) is 1. The predicted molar refractivity (Wildman–Crippen MR) is 84.6 cm³/mol. The van der Waals surface area contributed by atoms with Crippen molar-refractivity contribution in [1.82, 2.24) is 0 Å². The van der Waals surface area contributed by atoms with Gasteiger partial charge in [0.25, 0.3) is 10.9 Å². The van der Waals surface area contributed by atoms with E-state index in [1.54, 1.807) is 13.0 Å². The second-order valence-electron chi connectivity index (χ2n) is 4.56. The molecule has 0 saturated heterocycles. The summed E-state index contributed by atoms with van der Waals surface area (Å²) in [6.07, 6.45) is 1.40. The summed E-state index contributed by atoms with van der Waals surface area (Å²) < 4.78 is 21.1. The van der Waals surface area contributed by atoms with Crippen LogP contribution < -0.4 is 20.9 Å². The molecule has 0 saturated carbocycles. The van der Waals surface area contributed by atoms with E-state index >= 15 is 0 Å². The van der Waals surface area contributed by atoms with Crippen LogP contribution in [0.4, 0.5) is 11.4 Å². The molecule has 2 rings (SSSR count). The summed E-state index contributed by atoms with van der Waals surface area (Å²) in [5.74, 6) is -0.342. The van der Waals surface area contributed by atoms with Gasteiger partial charge in [0.05, 0.1) is 26.9 Å². The van der Waals surface area contributed by atoms with E-state index in [-0.39, 0.29) is 34.4 Å². The van der Waals surface area contributed by atoms with Crippen LogP contribution >= 0.6 is 0 Å². The molecule has 7 nitrogen and oxygen atoms in total. The van der Waals surface area contributed by atoms with E-state index in [1.807, 2.05) is 0 Å². The van der Waals surface area contributed by atoms with Crippen molar-refractivity contribution < 1.29 is 14.1 Å². The molecule has 0 aliphatic rings. The Hall–Kier alpha value is -2.35. The third kappa shape index (κ3) is 2.57. The van der Waals surface area contributed by atoms with Crippen LogP contribution in [0.1, 0.15) is 6.92 Å². The molecular weight excluding hydrogens is 308 g/mol. The topological polar surface area (TPSA) is 105 Å². The molecule has 2 aromatic rings. The Morgan fingerprint density at radius 2 is 2.00 bits per heavy atom. The van der Waals surface area contributed by atoms with Crippen molar-refractivity contribution in [2.75, 3.05) is 25.2 Å². The van der Waals surface area contributed by atoms with Gasteiger partial charge in [0, 0.05) is 13.3 Å². The zero-order valence-electron chi connectivity index (χ0n) is 12.4. The van der Waals surface area contributed by atoms with Gasteiger partial charge in [-0.2, -0.15) is 0 Å². The van der Waals surface area contributed by atoms with E-state index < -0.39 is 20.6 Å². The van der Waals surface area contributed by atoms with Crippen molar-refractivity contribution >= 4 is 21.1 Å². The molecule has 0 radical (unpaired) electrons. The van der Waals surface area contributed by atoms with Gasteiger partial charge in [-0.05, 0) is 19.1 Å². The Morgan fingerprint density at radius 1 is 1.32 bits per heavy atom. The van der Waals surface area contributed by atoms with E-state index in [0.717, 1.165) is 0 Å². The number of phenols is 1. The number of hydrogen-bond acceptors (Lipinski definition) is 7. The highest BCUT2D eigenvalue weighted by atomic mass is 32.2. The van der Waals surface area contributed by atoms with Crippen LogP contribution in [0.2, 0.25) is 0 Å². The van der Waals surface area contributed by atoms with Crippen molar-refractivity contribution in [3.8, 4) is 11.5 Å². The van der Waals surface area contributed by atoms with Crippen molar-refractivity contribution in [2.24, 2.45) is 4.36 Å². The quantitative estimate of drug-likeness (QED) is 0.633. The highest BCUT2D eigenvalue weighted by Gasteiger charge is 2.24. The fraction of sp³-hybridized carbons (Fsp3) is 0.286. The molecule has 1 atom stereocenters. The molecule has 0 fully saturated rings. The van der Waals surface area contributed by atoms with E-state index in [0.29, 0.717) is 0 Å². The lowest BCUT2D eigenvalue weighted by molar-refractivity contribution is 0.335. The lowest BCUT2D eigenvalue weighted by atomic mass is 10.2. The minimum atomic E-state index is -2.74. The molecule has 0 aliphatic heterocycles. The number of rotatable bonds is 5. The molecule has 1 unspecified atom stereocenters. The third-order valence-corrected chi connectivity index (χ3v) is 5.01. The fourth-order valence-corrected chi connectivity index (χ4v) is 2.92. The maximum Gasteiger partial charge on any atom is 0.272 e. The molecule has 0 bridgehead atoms. The number of ether oxygens (including phenoxy) is 1. The lowest BCUT2D eigenvalue weighted by Gasteiger charge is -2.15. The monoisotopic (exact) mass is 324 g/mol. The maximum atomic E-state index is 12.3. The first-order chi connectivity index (χ1) is 10.3. The maximum absolute atomic E-state index is 12.3. The van der Waals surface area contributed by atoms with Crippen molar-refractivity contribution in [2.45, 2.75) is 11.8 Å². The summed E-state index contributed by atoms with van der Waals surface area (Å²) in [5, 5.41) is 12.9. The van der Waals surface area contributed by atoms with Gasteiger partial charge in [-0.25, -0.2) is 8.57 Å². The van der Waals surface area contributed by atoms with Crippen molar-refractivity contribution in [3.63, 3.8) is 0 Å². The van der Waals surface area contributed by atoms with Gasteiger partial charge in [0.15, 0.2) is 11.5 Å². The number of nitrogens with one attached hydrogen (secondary N) is 1. The largest absolute Gasteiger partial charge is 0.505 e. The summed E-state index contributed by atoms with van der Waals surface area (Å²) in [6, 6.07) is 4.55. The minimum Gasteiger partial charge on any atom is -0.505 e. The standard InChI is InChI=1S/C14H16N2O5S/c1-4-21-14-10(12(18)13(14)19)16-8-6-5-7-9(11(8)17)22(3,20)15-2/h5-7,16-17H,4H2,1-3H3. The normalized spacial score (nSPS) is 13.6. The first-order valence-electron chi connectivity index (χ1n) is 6.48. The number of hydrogen-bond donors (Lipinski definition) is 2. The average Bonchev–Trinajstić information content (AvgIpc) is 2.51. The van der Waals surface area contributed by atoms with Crippen LogP contribution in [0.25, 0.3) is 0 Å². The number of phenolic OH excluding ortho intramolecular Hbond substituents is 1. The van der Waals surface area contributed by atoms with Gasteiger partial charge < -0.3 is 15.2 Å². The number of anilines is 2. The number of benzene rings is 1.